The zero-order valence-electron chi connectivity index (χ0n) is 17.5. The van der Waals surface area contributed by atoms with Gasteiger partial charge in [-0.1, -0.05) is 25.1 Å². The Labute approximate surface area is 182 Å². The summed E-state index contributed by atoms with van der Waals surface area (Å²) in [5.74, 6) is -0.485. The minimum Gasteiger partial charge on any atom is -0.355 e. The normalized spacial score (nSPS) is 12.2. The Hall–Kier alpha value is -4.20. The van der Waals surface area contributed by atoms with E-state index in [1.807, 2.05) is 31.2 Å². The molecule has 0 aliphatic rings. The van der Waals surface area contributed by atoms with Crippen molar-refractivity contribution in [1.82, 2.24) is 30.1 Å². The molecule has 8 heteroatoms. The van der Waals surface area contributed by atoms with Crippen LogP contribution in [-0.2, 0) is 0 Å². The number of hydrogen-bond acceptors (Lipinski definition) is 5. The van der Waals surface area contributed by atoms with Crippen LogP contribution in [0, 0.1) is 5.82 Å². The predicted octanol–water partition coefficient (Wildman–Crippen LogP) is 3.99. The monoisotopic (exact) mass is 426 g/mol. The zero-order valence-corrected chi connectivity index (χ0v) is 17.5. The van der Waals surface area contributed by atoms with Crippen LogP contribution < -0.4 is 5.32 Å². The van der Waals surface area contributed by atoms with Gasteiger partial charge in [0.1, 0.15) is 5.82 Å². The van der Waals surface area contributed by atoms with E-state index in [0.717, 1.165) is 16.5 Å². The van der Waals surface area contributed by atoms with Crippen LogP contribution in [0.5, 0.6) is 0 Å². The molecule has 0 radical (unpaired) electrons. The van der Waals surface area contributed by atoms with Gasteiger partial charge in [-0.15, -0.1) is 10.2 Å². The Balaban J connectivity index is 1.55. The SMILES string of the molecule is CNC(=O)c1ccc(-c2ccc3nnc(C(C)c4ccc5ncccc5c4)n3n2)cc1F. The molecule has 0 spiro atoms. The minimum atomic E-state index is -0.606. The first-order chi connectivity index (χ1) is 15.5. The Morgan fingerprint density at radius 3 is 2.75 bits per heavy atom. The maximum absolute atomic E-state index is 14.5. The van der Waals surface area contributed by atoms with Crippen LogP contribution in [0.3, 0.4) is 0 Å². The number of carbonyl (C=O) groups is 1. The molecule has 0 aliphatic carbocycles. The first kappa shape index (κ1) is 19.7. The molecule has 0 bridgehead atoms. The summed E-state index contributed by atoms with van der Waals surface area (Å²) in [6.45, 7) is 2.04. The summed E-state index contributed by atoms with van der Waals surface area (Å²) in [5, 5.41) is 16.7. The molecule has 0 fully saturated rings. The number of nitrogens with zero attached hydrogens (tertiary/aromatic N) is 5. The fourth-order valence-corrected chi connectivity index (χ4v) is 3.74. The second kappa shape index (κ2) is 7.81. The van der Waals surface area contributed by atoms with Crippen molar-refractivity contribution in [2.75, 3.05) is 7.05 Å². The van der Waals surface area contributed by atoms with Crippen molar-refractivity contribution in [3.63, 3.8) is 0 Å². The molecule has 1 amide bonds. The average molecular weight is 426 g/mol. The number of aromatic nitrogens is 5. The highest BCUT2D eigenvalue weighted by molar-refractivity contribution is 5.94. The lowest BCUT2D eigenvalue weighted by Gasteiger charge is -2.11. The van der Waals surface area contributed by atoms with Crippen molar-refractivity contribution >= 4 is 22.5 Å². The summed E-state index contributed by atoms with van der Waals surface area (Å²) in [7, 11) is 1.46. The lowest BCUT2D eigenvalue weighted by Crippen LogP contribution is -2.19. The third-order valence-corrected chi connectivity index (χ3v) is 5.54. The van der Waals surface area contributed by atoms with E-state index in [-0.39, 0.29) is 11.5 Å². The molecule has 2 aromatic carbocycles. The van der Waals surface area contributed by atoms with Gasteiger partial charge in [-0.05, 0) is 48.0 Å². The van der Waals surface area contributed by atoms with Crippen molar-refractivity contribution in [3.05, 3.63) is 89.6 Å². The molecule has 3 heterocycles. The molecule has 32 heavy (non-hydrogen) atoms. The molecule has 7 nitrogen and oxygen atoms in total. The molecule has 0 saturated carbocycles. The van der Waals surface area contributed by atoms with Gasteiger partial charge in [0.15, 0.2) is 11.5 Å². The van der Waals surface area contributed by atoms with Crippen LogP contribution >= 0.6 is 0 Å². The number of halogens is 1. The van der Waals surface area contributed by atoms with Gasteiger partial charge in [-0.3, -0.25) is 9.78 Å². The predicted molar refractivity (Wildman–Crippen MR) is 119 cm³/mol. The molecule has 158 valence electrons. The Kier molecular flexibility index (Phi) is 4.82. The number of pyridine rings is 1. The van der Waals surface area contributed by atoms with Crippen LogP contribution in [-0.4, -0.2) is 37.8 Å². The number of hydrogen-bond donors (Lipinski definition) is 1. The molecule has 5 aromatic rings. The van der Waals surface area contributed by atoms with Crippen LogP contribution in [0.4, 0.5) is 4.39 Å². The van der Waals surface area contributed by atoms with E-state index in [1.54, 1.807) is 28.9 Å². The molecular formula is C24H19FN6O. The average Bonchev–Trinajstić information content (AvgIpc) is 3.26. The first-order valence-electron chi connectivity index (χ1n) is 10.1. The molecule has 3 aromatic heterocycles. The van der Waals surface area contributed by atoms with E-state index in [1.165, 1.54) is 19.2 Å². The lowest BCUT2D eigenvalue weighted by molar-refractivity contribution is 0.0959. The number of benzene rings is 2. The number of nitrogens with one attached hydrogen (secondary N) is 1. The molecule has 0 aliphatic heterocycles. The molecular weight excluding hydrogens is 407 g/mol. The van der Waals surface area contributed by atoms with Gasteiger partial charge in [0.05, 0.1) is 16.8 Å². The zero-order chi connectivity index (χ0) is 22.2. The van der Waals surface area contributed by atoms with Crippen molar-refractivity contribution < 1.29 is 9.18 Å². The molecule has 5 rings (SSSR count). The second-order valence-corrected chi connectivity index (χ2v) is 7.50. The quantitative estimate of drug-likeness (QED) is 0.470. The highest BCUT2D eigenvalue weighted by atomic mass is 19.1. The van der Waals surface area contributed by atoms with E-state index in [9.17, 15) is 9.18 Å². The van der Waals surface area contributed by atoms with E-state index in [0.29, 0.717) is 22.7 Å². The summed E-state index contributed by atoms with van der Waals surface area (Å²) in [6, 6.07) is 18.0. The fraction of sp³-hybridized carbons (Fsp3) is 0.125. The molecule has 0 saturated heterocycles. The summed E-state index contributed by atoms with van der Waals surface area (Å²) in [5.41, 5.74) is 3.68. The number of amides is 1. The fourth-order valence-electron chi connectivity index (χ4n) is 3.74. The van der Waals surface area contributed by atoms with Gasteiger partial charge < -0.3 is 5.32 Å². The number of carbonyl (C=O) groups excluding carboxylic acids is 1. The van der Waals surface area contributed by atoms with Crippen molar-refractivity contribution in [2.24, 2.45) is 0 Å². The Morgan fingerprint density at radius 1 is 1.06 bits per heavy atom. The number of rotatable bonds is 4. The van der Waals surface area contributed by atoms with Crippen LogP contribution in [0.25, 0.3) is 27.8 Å². The lowest BCUT2D eigenvalue weighted by atomic mass is 9.98. The van der Waals surface area contributed by atoms with Gasteiger partial charge in [-0.2, -0.15) is 9.61 Å². The second-order valence-electron chi connectivity index (χ2n) is 7.50. The van der Waals surface area contributed by atoms with E-state index in [2.05, 4.69) is 31.7 Å². The summed E-state index contributed by atoms with van der Waals surface area (Å²) >= 11 is 0. The first-order valence-corrected chi connectivity index (χ1v) is 10.1. The summed E-state index contributed by atoms with van der Waals surface area (Å²) < 4.78 is 16.1. The highest BCUT2D eigenvalue weighted by Crippen LogP contribution is 2.27. The smallest absolute Gasteiger partial charge is 0.253 e. The third kappa shape index (κ3) is 3.35. The summed E-state index contributed by atoms with van der Waals surface area (Å²) in [6.07, 6.45) is 1.77. The van der Waals surface area contributed by atoms with E-state index >= 15 is 0 Å². The topological polar surface area (TPSA) is 85.1 Å². The molecule has 1 N–H and O–H groups in total. The van der Waals surface area contributed by atoms with Gasteiger partial charge in [0.25, 0.3) is 5.91 Å². The minimum absolute atomic E-state index is 0.0123. The maximum atomic E-state index is 14.5. The van der Waals surface area contributed by atoms with Gasteiger partial charge in [-0.25, -0.2) is 4.39 Å². The van der Waals surface area contributed by atoms with E-state index in [4.69, 9.17) is 0 Å². The van der Waals surface area contributed by atoms with Crippen molar-refractivity contribution in [3.8, 4) is 11.3 Å². The van der Waals surface area contributed by atoms with Gasteiger partial charge in [0.2, 0.25) is 0 Å². The molecule has 1 atom stereocenters. The number of fused-ring (bicyclic) bond motifs is 2. The summed E-state index contributed by atoms with van der Waals surface area (Å²) in [4.78, 5) is 16.1. The van der Waals surface area contributed by atoms with Crippen molar-refractivity contribution in [2.45, 2.75) is 12.8 Å². The maximum Gasteiger partial charge on any atom is 0.253 e. The molecule has 1 unspecified atom stereocenters. The van der Waals surface area contributed by atoms with Crippen LogP contribution in [0.1, 0.15) is 34.6 Å². The van der Waals surface area contributed by atoms with Crippen LogP contribution in [0.2, 0.25) is 0 Å². The van der Waals surface area contributed by atoms with Gasteiger partial charge >= 0.3 is 0 Å². The Morgan fingerprint density at radius 2 is 1.94 bits per heavy atom. The van der Waals surface area contributed by atoms with Gasteiger partial charge in [0, 0.05) is 30.1 Å². The largest absolute Gasteiger partial charge is 0.355 e. The van der Waals surface area contributed by atoms with E-state index < -0.39 is 11.7 Å². The third-order valence-electron chi connectivity index (χ3n) is 5.54. The highest BCUT2D eigenvalue weighted by Gasteiger charge is 2.18. The standard InChI is InChI=1S/C24H19FN6O/c1-14(15-6-8-20-16(12-15)4-3-11-27-20)23-29-28-22-10-9-21(30-31(22)23)17-5-7-18(19(25)13-17)24(32)26-2/h3-14H,1-2H3,(H,26,32). The Bertz CT molecular complexity index is 1480. The van der Waals surface area contributed by atoms with Crippen molar-refractivity contribution in [1.29, 1.82) is 0 Å². The van der Waals surface area contributed by atoms with Crippen LogP contribution in [0.15, 0.2) is 66.9 Å².